The maximum absolute atomic E-state index is 12.6. The third-order valence-electron chi connectivity index (χ3n) is 4.56. The monoisotopic (exact) mass is 451 g/mol. The van der Waals surface area contributed by atoms with E-state index in [-0.39, 0.29) is 18.1 Å². The minimum atomic E-state index is -3.32. The van der Waals surface area contributed by atoms with Gasteiger partial charge in [-0.2, -0.15) is 0 Å². The molecule has 0 aliphatic carbocycles. The minimum Gasteiger partial charge on any atom is -0.440 e. The van der Waals surface area contributed by atoms with Crippen molar-refractivity contribution >= 4 is 50.2 Å². The highest BCUT2D eigenvalue weighted by Crippen LogP contribution is 2.31. The number of nitrogens with zero attached hydrogens (tertiary/aromatic N) is 2. The summed E-state index contributed by atoms with van der Waals surface area (Å²) < 4.78 is 31.3. The summed E-state index contributed by atoms with van der Waals surface area (Å²) in [6.45, 7) is 2.18. The molecule has 29 heavy (non-hydrogen) atoms. The number of carbonyl (C=O) groups is 1. The number of hydrogen-bond acceptors (Lipinski definition) is 6. The molecule has 1 amide bonds. The molecule has 1 aromatic carbocycles. The van der Waals surface area contributed by atoms with Gasteiger partial charge in [-0.1, -0.05) is 17.7 Å². The van der Waals surface area contributed by atoms with Crippen LogP contribution in [0.5, 0.6) is 0 Å². The second kappa shape index (κ2) is 7.81. The summed E-state index contributed by atoms with van der Waals surface area (Å²) in [5.41, 5.74) is 1.39. The van der Waals surface area contributed by atoms with Crippen molar-refractivity contribution in [3.63, 3.8) is 0 Å². The Bertz CT molecular complexity index is 1160. The Morgan fingerprint density at radius 1 is 1.38 bits per heavy atom. The number of halogens is 1. The van der Waals surface area contributed by atoms with E-state index in [1.807, 2.05) is 17.5 Å². The molecule has 1 aliphatic rings. The Hall–Kier alpha value is -2.36. The van der Waals surface area contributed by atoms with Crippen molar-refractivity contribution in [2.24, 2.45) is 0 Å². The van der Waals surface area contributed by atoms with Crippen LogP contribution >= 0.6 is 22.9 Å². The number of carbonyl (C=O) groups excluding carboxylic acids is 1. The molecule has 0 spiro atoms. The quantitative estimate of drug-likeness (QED) is 0.630. The van der Waals surface area contributed by atoms with Crippen LogP contribution in [0.4, 0.5) is 11.4 Å². The normalized spacial score (nSPS) is 15.6. The number of hydrogen-bond donors (Lipinski definition) is 1. The topological polar surface area (TPSA) is 92.5 Å². The summed E-state index contributed by atoms with van der Waals surface area (Å²) in [6.07, 6.45) is 0.591. The molecule has 3 aromatic rings. The zero-order chi connectivity index (χ0) is 20.6. The standard InChI is InChI=1S/C19H18ClN3O4S2/c1-12-15(22-19(27-12)17-4-2-8-28-17)11-18(24)21-16-10-13(5-6-14(16)20)23-7-3-9-29(23,25)26/h2,4-6,8,10H,3,7,9,11H2,1H3,(H,21,24). The zero-order valence-corrected chi connectivity index (χ0v) is 17.9. The van der Waals surface area contributed by atoms with E-state index < -0.39 is 10.0 Å². The molecule has 10 heteroatoms. The van der Waals surface area contributed by atoms with Crippen LogP contribution in [0.15, 0.2) is 40.1 Å². The van der Waals surface area contributed by atoms with Crippen LogP contribution in [0.25, 0.3) is 10.8 Å². The van der Waals surface area contributed by atoms with Gasteiger partial charge in [-0.3, -0.25) is 9.10 Å². The van der Waals surface area contributed by atoms with Crippen molar-refractivity contribution in [3.8, 4) is 10.8 Å². The van der Waals surface area contributed by atoms with Gasteiger partial charge in [-0.15, -0.1) is 11.3 Å². The fourth-order valence-corrected chi connectivity index (χ4v) is 5.51. The molecule has 0 atom stereocenters. The molecule has 0 unspecified atom stereocenters. The van der Waals surface area contributed by atoms with Crippen molar-refractivity contribution in [1.82, 2.24) is 4.98 Å². The zero-order valence-electron chi connectivity index (χ0n) is 15.5. The fraction of sp³-hybridized carbons (Fsp3) is 0.263. The number of rotatable bonds is 5. The van der Waals surface area contributed by atoms with Crippen molar-refractivity contribution in [1.29, 1.82) is 0 Å². The Morgan fingerprint density at radius 3 is 2.90 bits per heavy atom. The number of oxazole rings is 1. The molecule has 1 fully saturated rings. The average molecular weight is 452 g/mol. The summed E-state index contributed by atoms with van der Waals surface area (Å²) >= 11 is 7.72. The predicted octanol–water partition coefficient (Wildman–Crippen LogP) is 4.09. The lowest BCUT2D eigenvalue weighted by Gasteiger charge is -2.18. The van der Waals surface area contributed by atoms with Gasteiger partial charge < -0.3 is 9.73 Å². The van der Waals surface area contributed by atoms with Crippen LogP contribution in [0.1, 0.15) is 17.9 Å². The number of benzene rings is 1. The molecule has 0 radical (unpaired) electrons. The predicted molar refractivity (Wildman–Crippen MR) is 114 cm³/mol. The summed E-state index contributed by atoms with van der Waals surface area (Å²) in [5, 5.41) is 5.01. The van der Waals surface area contributed by atoms with E-state index in [0.29, 0.717) is 46.7 Å². The number of aromatic nitrogens is 1. The first-order valence-electron chi connectivity index (χ1n) is 8.93. The minimum absolute atomic E-state index is 0.0171. The van der Waals surface area contributed by atoms with Crippen molar-refractivity contribution in [2.45, 2.75) is 19.8 Å². The Kier molecular flexibility index (Phi) is 5.37. The van der Waals surface area contributed by atoms with E-state index in [2.05, 4.69) is 10.3 Å². The van der Waals surface area contributed by atoms with E-state index >= 15 is 0 Å². The Labute approximate surface area is 177 Å². The first-order valence-corrected chi connectivity index (χ1v) is 11.8. The van der Waals surface area contributed by atoms with Gasteiger partial charge in [-0.05, 0) is 43.0 Å². The Morgan fingerprint density at radius 2 is 2.21 bits per heavy atom. The first-order chi connectivity index (χ1) is 13.8. The number of thiophene rings is 1. The number of anilines is 2. The molecule has 0 bridgehead atoms. The number of sulfonamides is 1. The average Bonchev–Trinajstić information content (AvgIpc) is 3.38. The van der Waals surface area contributed by atoms with E-state index in [1.165, 1.54) is 15.6 Å². The van der Waals surface area contributed by atoms with E-state index in [4.69, 9.17) is 16.0 Å². The van der Waals surface area contributed by atoms with E-state index in [0.717, 1.165) is 4.88 Å². The molecule has 3 heterocycles. The molecule has 7 nitrogen and oxygen atoms in total. The molecule has 0 saturated carbocycles. The number of nitrogens with one attached hydrogen (secondary N) is 1. The van der Waals surface area contributed by atoms with Gasteiger partial charge in [0, 0.05) is 6.54 Å². The van der Waals surface area contributed by atoms with E-state index in [1.54, 1.807) is 25.1 Å². The summed E-state index contributed by atoms with van der Waals surface area (Å²) in [6, 6.07) is 8.60. The highest BCUT2D eigenvalue weighted by atomic mass is 35.5. The molecule has 152 valence electrons. The maximum Gasteiger partial charge on any atom is 0.236 e. The van der Waals surface area contributed by atoms with Gasteiger partial charge in [0.2, 0.25) is 21.8 Å². The Balaban J connectivity index is 1.51. The molecule has 2 aromatic heterocycles. The second-order valence-corrected chi connectivity index (χ2v) is 10.00. The van der Waals surface area contributed by atoms with Gasteiger partial charge in [0.15, 0.2) is 0 Å². The van der Waals surface area contributed by atoms with Crippen LogP contribution in [-0.2, 0) is 21.2 Å². The summed E-state index contributed by atoms with van der Waals surface area (Å²) in [4.78, 5) is 17.9. The second-order valence-electron chi connectivity index (χ2n) is 6.63. The lowest BCUT2D eigenvalue weighted by molar-refractivity contribution is -0.115. The lowest BCUT2D eigenvalue weighted by atomic mass is 10.2. The van der Waals surface area contributed by atoms with Crippen molar-refractivity contribution in [3.05, 3.63) is 52.2 Å². The third kappa shape index (κ3) is 4.17. The third-order valence-corrected chi connectivity index (χ3v) is 7.62. The van der Waals surface area contributed by atoms with Gasteiger partial charge in [0.1, 0.15) is 5.76 Å². The van der Waals surface area contributed by atoms with Crippen molar-refractivity contribution < 1.29 is 17.6 Å². The van der Waals surface area contributed by atoms with Crippen LogP contribution in [-0.4, -0.2) is 31.6 Å². The van der Waals surface area contributed by atoms with Crippen LogP contribution in [0.3, 0.4) is 0 Å². The smallest absolute Gasteiger partial charge is 0.236 e. The van der Waals surface area contributed by atoms with Crippen LogP contribution in [0.2, 0.25) is 5.02 Å². The lowest BCUT2D eigenvalue weighted by Crippen LogP contribution is -2.25. The van der Waals surface area contributed by atoms with Gasteiger partial charge >= 0.3 is 0 Å². The summed E-state index contributed by atoms with van der Waals surface area (Å²) in [5.74, 6) is 0.864. The van der Waals surface area contributed by atoms with E-state index in [9.17, 15) is 13.2 Å². The molecule has 1 N–H and O–H groups in total. The SMILES string of the molecule is Cc1oc(-c2cccs2)nc1CC(=O)Nc1cc(N2CCCS2(=O)=O)ccc1Cl. The maximum atomic E-state index is 12.6. The highest BCUT2D eigenvalue weighted by molar-refractivity contribution is 7.93. The molecular formula is C19H18ClN3O4S2. The molecule has 1 aliphatic heterocycles. The van der Waals surface area contributed by atoms with Gasteiger partial charge in [0.05, 0.1) is 39.1 Å². The van der Waals surface area contributed by atoms with Gasteiger partial charge in [0.25, 0.3) is 0 Å². The van der Waals surface area contributed by atoms with Gasteiger partial charge in [-0.25, -0.2) is 13.4 Å². The van der Waals surface area contributed by atoms with Crippen molar-refractivity contribution in [2.75, 3.05) is 21.9 Å². The molecule has 4 rings (SSSR count). The van der Waals surface area contributed by atoms with Crippen LogP contribution in [0, 0.1) is 6.92 Å². The highest BCUT2D eigenvalue weighted by Gasteiger charge is 2.29. The summed E-state index contributed by atoms with van der Waals surface area (Å²) in [7, 11) is -3.32. The van der Waals surface area contributed by atoms with Crippen LogP contribution < -0.4 is 9.62 Å². The molecular weight excluding hydrogens is 434 g/mol. The fourth-order valence-electron chi connectivity index (χ4n) is 3.14. The molecule has 1 saturated heterocycles. The largest absolute Gasteiger partial charge is 0.440 e. The number of aryl methyl sites for hydroxylation is 1. The number of amides is 1. The first kappa shape index (κ1) is 19.9.